The van der Waals surface area contributed by atoms with Crippen LogP contribution in [0.15, 0.2) is 24.4 Å². The Balaban J connectivity index is 2.44. The summed E-state index contributed by atoms with van der Waals surface area (Å²) in [7, 11) is 4.20. The van der Waals surface area contributed by atoms with Crippen LogP contribution in [0.1, 0.15) is 41.0 Å². The van der Waals surface area contributed by atoms with Crippen LogP contribution in [-0.4, -0.2) is 52.3 Å². The van der Waals surface area contributed by atoms with Crippen molar-refractivity contribution < 1.29 is 28.9 Å². The van der Waals surface area contributed by atoms with Gasteiger partial charge in [-0.3, -0.25) is 0 Å². The smallest absolute Gasteiger partial charge is 0.346 e. The summed E-state index contributed by atoms with van der Waals surface area (Å²) in [5.41, 5.74) is 2.35. The van der Waals surface area contributed by atoms with E-state index in [0.717, 1.165) is 23.9 Å². The lowest BCUT2D eigenvalue weighted by Crippen LogP contribution is -3.05. The molecule has 0 amide bonds. The van der Waals surface area contributed by atoms with Crippen molar-refractivity contribution in [3.05, 3.63) is 35.5 Å². The van der Waals surface area contributed by atoms with Crippen LogP contribution in [0.25, 0.3) is 10.9 Å². The van der Waals surface area contributed by atoms with Gasteiger partial charge in [0.2, 0.25) is 5.52 Å². The molecule has 27 heavy (non-hydrogen) atoms. The van der Waals surface area contributed by atoms with E-state index in [4.69, 9.17) is 9.47 Å². The number of hydrogen-bond donors (Lipinski definition) is 2. The summed E-state index contributed by atoms with van der Waals surface area (Å²) in [6.45, 7) is 5.86. The number of carbonyl (C=O) groups is 2. The summed E-state index contributed by atoms with van der Waals surface area (Å²) in [4.78, 5) is 29.0. The van der Waals surface area contributed by atoms with Crippen LogP contribution in [0.4, 0.5) is 5.69 Å². The van der Waals surface area contributed by atoms with Crippen molar-refractivity contribution in [1.82, 2.24) is 0 Å². The highest BCUT2D eigenvalue weighted by molar-refractivity contribution is 6.05. The SMILES string of the molecule is CCOC(=O)c1ccc2[nH+]cc(C(=O)OCC)c(NCCC[NH+](C)C)c2c1. The predicted molar refractivity (Wildman–Crippen MR) is 103 cm³/mol. The molecule has 2 rings (SSSR count). The molecule has 1 aromatic heterocycles. The summed E-state index contributed by atoms with van der Waals surface area (Å²) < 4.78 is 10.3. The molecule has 0 aliphatic carbocycles. The topological polar surface area (TPSA) is 83.2 Å². The van der Waals surface area contributed by atoms with Gasteiger partial charge < -0.3 is 19.7 Å². The Morgan fingerprint density at radius 2 is 1.81 bits per heavy atom. The van der Waals surface area contributed by atoms with Gasteiger partial charge in [0.1, 0.15) is 5.56 Å². The fourth-order valence-electron chi connectivity index (χ4n) is 2.80. The van der Waals surface area contributed by atoms with Gasteiger partial charge >= 0.3 is 11.9 Å². The van der Waals surface area contributed by atoms with Crippen LogP contribution in [0.3, 0.4) is 0 Å². The molecule has 2 aromatic rings. The van der Waals surface area contributed by atoms with Crippen molar-refractivity contribution in [1.29, 1.82) is 0 Å². The quantitative estimate of drug-likeness (QED) is 0.504. The molecule has 1 aromatic carbocycles. The second-order valence-electron chi connectivity index (χ2n) is 6.52. The number of quaternary nitrogens is 1. The third-order valence-electron chi connectivity index (χ3n) is 4.09. The summed E-state index contributed by atoms with van der Waals surface area (Å²) in [5, 5.41) is 4.12. The van der Waals surface area contributed by atoms with E-state index in [1.165, 1.54) is 4.90 Å². The van der Waals surface area contributed by atoms with Gasteiger partial charge in [0.15, 0.2) is 6.20 Å². The predicted octanol–water partition coefficient (Wildman–Crippen LogP) is 0.954. The number of aromatic amines is 1. The number of hydrogen-bond acceptors (Lipinski definition) is 5. The Morgan fingerprint density at radius 3 is 2.48 bits per heavy atom. The van der Waals surface area contributed by atoms with E-state index < -0.39 is 5.97 Å². The van der Waals surface area contributed by atoms with Crippen LogP contribution in [-0.2, 0) is 9.47 Å². The minimum Gasteiger partial charge on any atom is -0.462 e. The molecule has 0 aliphatic heterocycles. The van der Waals surface area contributed by atoms with E-state index in [2.05, 4.69) is 24.4 Å². The lowest BCUT2D eigenvalue weighted by Gasteiger charge is -2.13. The van der Waals surface area contributed by atoms with E-state index in [9.17, 15) is 9.59 Å². The van der Waals surface area contributed by atoms with Crippen molar-refractivity contribution in [2.45, 2.75) is 20.3 Å². The standard InChI is InChI=1S/C20H27N3O4/c1-5-26-19(24)14-8-9-17-15(12-14)18(21-10-7-11-23(3)4)16(13-22-17)20(25)27-6-2/h8-9,12-13H,5-7,10-11H2,1-4H3,(H,21,22)/p+2. The average Bonchev–Trinajstić information content (AvgIpc) is 2.64. The largest absolute Gasteiger partial charge is 0.462 e. The fourth-order valence-corrected chi connectivity index (χ4v) is 2.80. The first-order valence-electron chi connectivity index (χ1n) is 9.33. The third kappa shape index (κ3) is 5.40. The molecule has 7 heteroatoms. The monoisotopic (exact) mass is 375 g/mol. The summed E-state index contributed by atoms with van der Waals surface area (Å²) in [5.74, 6) is -0.791. The zero-order chi connectivity index (χ0) is 19.8. The number of carbonyl (C=O) groups excluding carboxylic acids is 2. The van der Waals surface area contributed by atoms with Crippen molar-refractivity contribution in [2.24, 2.45) is 0 Å². The summed E-state index contributed by atoms with van der Waals surface area (Å²) in [6.07, 6.45) is 2.59. The van der Waals surface area contributed by atoms with E-state index in [1.807, 2.05) is 6.07 Å². The minimum atomic E-state index is -0.405. The van der Waals surface area contributed by atoms with E-state index in [-0.39, 0.29) is 5.97 Å². The Kier molecular flexibility index (Phi) is 7.55. The van der Waals surface area contributed by atoms with Crippen LogP contribution in [0.5, 0.6) is 0 Å². The first kappa shape index (κ1) is 20.6. The lowest BCUT2D eigenvalue weighted by molar-refractivity contribution is -0.858. The molecule has 1 heterocycles. The Bertz CT molecular complexity index is 800. The fraction of sp³-hybridized carbons (Fsp3) is 0.450. The maximum Gasteiger partial charge on any atom is 0.346 e. The molecule has 0 atom stereocenters. The van der Waals surface area contributed by atoms with Crippen LogP contribution in [0.2, 0.25) is 0 Å². The lowest BCUT2D eigenvalue weighted by atomic mass is 10.1. The Hall–Kier alpha value is -2.67. The highest BCUT2D eigenvalue weighted by atomic mass is 16.5. The number of pyridine rings is 1. The maximum atomic E-state index is 12.4. The highest BCUT2D eigenvalue weighted by Gasteiger charge is 2.21. The average molecular weight is 375 g/mol. The van der Waals surface area contributed by atoms with Crippen LogP contribution >= 0.6 is 0 Å². The highest BCUT2D eigenvalue weighted by Crippen LogP contribution is 2.26. The molecule has 0 saturated carbocycles. The van der Waals surface area contributed by atoms with Gasteiger partial charge in [-0.15, -0.1) is 0 Å². The molecule has 7 nitrogen and oxygen atoms in total. The number of H-pyrrole nitrogens is 1. The minimum absolute atomic E-state index is 0.295. The van der Waals surface area contributed by atoms with Crippen LogP contribution in [0, 0.1) is 0 Å². The Labute approximate surface area is 159 Å². The van der Waals surface area contributed by atoms with E-state index in [0.29, 0.717) is 36.6 Å². The number of anilines is 1. The molecular formula is C20H29N3O4+2. The molecule has 146 valence electrons. The molecule has 3 N–H and O–H groups in total. The van der Waals surface area contributed by atoms with Gasteiger partial charge in [-0.25, -0.2) is 14.6 Å². The molecule has 0 spiro atoms. The van der Waals surface area contributed by atoms with Crippen LogP contribution < -0.4 is 15.2 Å². The first-order valence-corrected chi connectivity index (χ1v) is 9.33. The Morgan fingerprint density at radius 1 is 1.11 bits per heavy atom. The molecule has 0 aliphatic rings. The van der Waals surface area contributed by atoms with Crippen molar-refractivity contribution in [3.8, 4) is 0 Å². The molecular weight excluding hydrogens is 346 g/mol. The molecule has 0 fully saturated rings. The molecule has 0 bridgehead atoms. The van der Waals surface area contributed by atoms with E-state index >= 15 is 0 Å². The zero-order valence-corrected chi connectivity index (χ0v) is 16.5. The number of aromatic nitrogens is 1. The molecule has 0 radical (unpaired) electrons. The van der Waals surface area contributed by atoms with Crippen molar-refractivity contribution in [3.63, 3.8) is 0 Å². The number of esters is 2. The number of nitrogens with one attached hydrogen (secondary N) is 3. The maximum absolute atomic E-state index is 12.4. The second-order valence-corrected chi connectivity index (χ2v) is 6.52. The van der Waals surface area contributed by atoms with Crippen molar-refractivity contribution in [2.75, 3.05) is 45.7 Å². The van der Waals surface area contributed by atoms with Gasteiger partial charge in [0.25, 0.3) is 0 Å². The van der Waals surface area contributed by atoms with Gasteiger partial charge in [-0.05, 0) is 26.0 Å². The number of rotatable bonds is 9. The van der Waals surface area contributed by atoms with Gasteiger partial charge in [0.05, 0.1) is 50.5 Å². The van der Waals surface area contributed by atoms with E-state index in [1.54, 1.807) is 32.2 Å². The number of fused-ring (bicyclic) bond motifs is 1. The second kappa shape index (κ2) is 9.87. The number of ether oxygens (including phenoxy) is 2. The summed E-state index contributed by atoms with van der Waals surface area (Å²) in [6, 6.07) is 5.26. The van der Waals surface area contributed by atoms with Gasteiger partial charge in [-0.2, -0.15) is 0 Å². The summed E-state index contributed by atoms with van der Waals surface area (Å²) >= 11 is 0. The van der Waals surface area contributed by atoms with Crippen molar-refractivity contribution >= 4 is 28.5 Å². The van der Waals surface area contributed by atoms with Gasteiger partial charge in [-0.1, -0.05) is 0 Å². The normalized spacial score (nSPS) is 10.9. The molecule has 0 unspecified atom stereocenters. The van der Waals surface area contributed by atoms with Gasteiger partial charge in [0, 0.05) is 19.0 Å². The first-order chi connectivity index (χ1) is 13.0. The zero-order valence-electron chi connectivity index (χ0n) is 16.5. The number of benzene rings is 1. The molecule has 0 saturated heterocycles. The third-order valence-corrected chi connectivity index (χ3v) is 4.09.